The van der Waals surface area contributed by atoms with Crippen molar-refractivity contribution in [2.24, 2.45) is 0 Å². The molecule has 8 nitrogen and oxygen atoms in total. The summed E-state index contributed by atoms with van der Waals surface area (Å²) in [7, 11) is -3.68. The van der Waals surface area contributed by atoms with Crippen LogP contribution in [0.5, 0.6) is 0 Å². The summed E-state index contributed by atoms with van der Waals surface area (Å²) < 4.78 is 37.9. The van der Waals surface area contributed by atoms with E-state index in [0.29, 0.717) is 19.7 Å². The van der Waals surface area contributed by atoms with Gasteiger partial charge in [-0.3, -0.25) is 4.79 Å². The second-order valence-corrected chi connectivity index (χ2v) is 8.86. The maximum atomic E-state index is 12.4. The number of ether oxygens (including phenoxy) is 2. The third-order valence-electron chi connectivity index (χ3n) is 4.97. The van der Waals surface area contributed by atoms with Crippen molar-refractivity contribution in [2.75, 3.05) is 26.2 Å². The van der Waals surface area contributed by atoms with Crippen LogP contribution < -0.4 is 4.72 Å². The molecule has 2 aliphatic heterocycles. The molecule has 1 aromatic carbocycles. The van der Waals surface area contributed by atoms with E-state index >= 15 is 0 Å². The molecule has 2 unspecified atom stereocenters. The van der Waals surface area contributed by atoms with Crippen molar-refractivity contribution < 1.29 is 27.5 Å². The third-order valence-corrected chi connectivity index (χ3v) is 6.41. The Balaban J connectivity index is 1.56. The van der Waals surface area contributed by atoms with E-state index in [9.17, 15) is 18.0 Å². The number of nitrogens with zero attached hydrogens (tertiary/aromatic N) is 1. The molecule has 0 radical (unpaired) electrons. The molecule has 2 fully saturated rings. The summed E-state index contributed by atoms with van der Waals surface area (Å²) in [5.74, 6) is -0.861. The molecule has 1 N–H and O–H groups in total. The molecule has 0 aliphatic carbocycles. The minimum Gasteiger partial charge on any atom is -0.449 e. The molecule has 2 heterocycles. The Hall–Kier alpha value is -1.97. The first-order chi connectivity index (χ1) is 13.4. The molecule has 2 aliphatic rings. The maximum Gasteiger partial charge on any atom is 0.338 e. The predicted octanol–water partition coefficient (Wildman–Crippen LogP) is 1.31. The quantitative estimate of drug-likeness (QED) is 0.680. The topological polar surface area (TPSA) is 102 Å². The van der Waals surface area contributed by atoms with Crippen molar-refractivity contribution in [2.45, 2.75) is 49.7 Å². The molecule has 0 saturated carbocycles. The number of esters is 1. The van der Waals surface area contributed by atoms with Gasteiger partial charge in [-0.15, -0.1) is 0 Å². The SMILES string of the molecule is CC(OC(=O)c1ccc(S(=O)(=O)NCC2CCCO2)cc1)C(=O)N1CCCC1. The molecule has 1 aromatic rings. The second kappa shape index (κ2) is 9.02. The highest BCUT2D eigenvalue weighted by atomic mass is 32.2. The molecule has 2 atom stereocenters. The lowest BCUT2D eigenvalue weighted by Gasteiger charge is -2.20. The summed E-state index contributed by atoms with van der Waals surface area (Å²) in [6.45, 7) is 3.80. The van der Waals surface area contributed by atoms with Gasteiger partial charge in [0.15, 0.2) is 6.10 Å². The summed E-state index contributed by atoms with van der Waals surface area (Å²) >= 11 is 0. The summed E-state index contributed by atoms with van der Waals surface area (Å²) in [5, 5.41) is 0. The van der Waals surface area contributed by atoms with Crippen LogP contribution in [0, 0.1) is 0 Å². The zero-order valence-corrected chi connectivity index (χ0v) is 16.7. The van der Waals surface area contributed by atoms with Gasteiger partial charge in [0, 0.05) is 26.2 Å². The Morgan fingerprint density at radius 2 is 1.89 bits per heavy atom. The smallest absolute Gasteiger partial charge is 0.338 e. The molecule has 0 aromatic heterocycles. The third kappa shape index (κ3) is 5.09. The Bertz CT molecular complexity index is 796. The van der Waals surface area contributed by atoms with Crippen LogP contribution in [0.2, 0.25) is 0 Å². The number of nitrogens with one attached hydrogen (secondary N) is 1. The highest BCUT2D eigenvalue weighted by Gasteiger charge is 2.26. The van der Waals surface area contributed by atoms with Crippen LogP contribution in [0.15, 0.2) is 29.2 Å². The van der Waals surface area contributed by atoms with E-state index in [4.69, 9.17) is 9.47 Å². The molecule has 28 heavy (non-hydrogen) atoms. The average molecular weight is 410 g/mol. The number of carbonyl (C=O) groups excluding carboxylic acids is 2. The Kier molecular flexibility index (Phi) is 6.69. The van der Waals surface area contributed by atoms with E-state index in [0.717, 1.165) is 25.7 Å². The van der Waals surface area contributed by atoms with Crippen molar-refractivity contribution >= 4 is 21.9 Å². The van der Waals surface area contributed by atoms with Crippen LogP contribution in [0.3, 0.4) is 0 Å². The van der Waals surface area contributed by atoms with Gasteiger partial charge in [-0.25, -0.2) is 17.9 Å². The van der Waals surface area contributed by atoms with E-state index in [1.807, 2.05) is 0 Å². The van der Waals surface area contributed by atoms with Gasteiger partial charge in [-0.2, -0.15) is 0 Å². The van der Waals surface area contributed by atoms with Crippen molar-refractivity contribution in [1.29, 1.82) is 0 Å². The average Bonchev–Trinajstić information content (AvgIpc) is 3.39. The minimum atomic E-state index is -3.68. The van der Waals surface area contributed by atoms with Crippen molar-refractivity contribution in [3.63, 3.8) is 0 Å². The lowest BCUT2D eigenvalue weighted by Crippen LogP contribution is -2.38. The molecule has 0 spiro atoms. The van der Waals surface area contributed by atoms with E-state index in [1.54, 1.807) is 11.8 Å². The van der Waals surface area contributed by atoms with Crippen LogP contribution in [0.4, 0.5) is 0 Å². The van der Waals surface area contributed by atoms with Crippen molar-refractivity contribution in [1.82, 2.24) is 9.62 Å². The first kappa shape index (κ1) is 20.8. The van der Waals surface area contributed by atoms with Gasteiger partial charge in [0.25, 0.3) is 5.91 Å². The summed E-state index contributed by atoms with van der Waals surface area (Å²) in [4.78, 5) is 26.2. The van der Waals surface area contributed by atoms with Crippen LogP contribution in [-0.2, 0) is 24.3 Å². The van der Waals surface area contributed by atoms with Gasteiger partial charge < -0.3 is 14.4 Å². The lowest BCUT2D eigenvalue weighted by atomic mass is 10.2. The van der Waals surface area contributed by atoms with Gasteiger partial charge in [-0.1, -0.05) is 0 Å². The first-order valence-corrected chi connectivity index (χ1v) is 11.1. The van der Waals surface area contributed by atoms with Crippen LogP contribution in [0.1, 0.15) is 43.0 Å². The minimum absolute atomic E-state index is 0.0586. The van der Waals surface area contributed by atoms with Gasteiger partial charge in [0.2, 0.25) is 10.0 Å². The highest BCUT2D eigenvalue weighted by molar-refractivity contribution is 7.89. The van der Waals surface area contributed by atoms with Crippen molar-refractivity contribution in [3.05, 3.63) is 29.8 Å². The molecule has 1 amide bonds. The van der Waals surface area contributed by atoms with Gasteiger partial charge in [0.1, 0.15) is 0 Å². The molecule has 2 saturated heterocycles. The fraction of sp³-hybridized carbons (Fsp3) is 0.579. The largest absolute Gasteiger partial charge is 0.449 e. The number of likely N-dealkylation sites (tertiary alicyclic amines) is 1. The second-order valence-electron chi connectivity index (χ2n) is 7.09. The molecular weight excluding hydrogens is 384 g/mol. The Labute approximate surface area is 165 Å². The van der Waals surface area contributed by atoms with Crippen LogP contribution in [0.25, 0.3) is 0 Å². The number of benzene rings is 1. The molecule has 9 heteroatoms. The number of carbonyl (C=O) groups is 2. The molecular formula is C19H26N2O6S. The van der Waals surface area contributed by atoms with Gasteiger partial charge in [-0.05, 0) is 56.9 Å². The zero-order valence-electron chi connectivity index (χ0n) is 15.9. The van der Waals surface area contributed by atoms with E-state index in [1.165, 1.54) is 24.3 Å². The summed E-state index contributed by atoms with van der Waals surface area (Å²) in [6.07, 6.45) is 2.72. The number of hydrogen-bond donors (Lipinski definition) is 1. The lowest BCUT2D eigenvalue weighted by molar-refractivity contribution is -0.138. The van der Waals surface area contributed by atoms with E-state index < -0.39 is 22.1 Å². The summed E-state index contributed by atoms with van der Waals surface area (Å²) in [5.41, 5.74) is 0.194. The highest BCUT2D eigenvalue weighted by Crippen LogP contribution is 2.16. The Morgan fingerprint density at radius 3 is 2.50 bits per heavy atom. The van der Waals surface area contributed by atoms with Crippen molar-refractivity contribution in [3.8, 4) is 0 Å². The first-order valence-electron chi connectivity index (χ1n) is 9.58. The number of amides is 1. The zero-order chi connectivity index (χ0) is 20.1. The normalized spacial score (nSPS) is 20.9. The van der Waals surface area contributed by atoms with Crippen LogP contribution >= 0.6 is 0 Å². The number of sulfonamides is 1. The molecule has 154 valence electrons. The fourth-order valence-corrected chi connectivity index (χ4v) is 4.40. The fourth-order valence-electron chi connectivity index (χ4n) is 3.34. The molecule has 0 bridgehead atoms. The van der Waals surface area contributed by atoms with Crippen LogP contribution in [-0.4, -0.2) is 63.6 Å². The summed E-state index contributed by atoms with van der Waals surface area (Å²) in [6, 6.07) is 5.47. The van der Waals surface area contributed by atoms with Gasteiger partial charge >= 0.3 is 5.97 Å². The van der Waals surface area contributed by atoms with E-state index in [-0.39, 0.29) is 29.0 Å². The van der Waals surface area contributed by atoms with Gasteiger partial charge in [0.05, 0.1) is 16.6 Å². The predicted molar refractivity (Wildman–Crippen MR) is 101 cm³/mol. The molecule has 3 rings (SSSR count). The maximum absolute atomic E-state index is 12.4. The monoisotopic (exact) mass is 410 g/mol. The number of hydrogen-bond acceptors (Lipinski definition) is 6. The Morgan fingerprint density at radius 1 is 1.21 bits per heavy atom. The number of rotatable bonds is 7. The van der Waals surface area contributed by atoms with E-state index in [2.05, 4.69) is 4.72 Å². The standard InChI is InChI=1S/C19H26N2O6S/c1-14(18(22)21-10-2-3-11-21)27-19(23)15-6-8-17(9-7-15)28(24,25)20-13-16-5-4-12-26-16/h6-9,14,16,20H,2-5,10-13H2,1H3.